The van der Waals surface area contributed by atoms with Crippen molar-refractivity contribution in [2.24, 2.45) is 0 Å². The number of aromatic carboxylic acids is 1. The van der Waals surface area contributed by atoms with Gasteiger partial charge in [-0.2, -0.15) is 0 Å². The molecule has 0 aliphatic heterocycles. The molecule has 2 nitrogen and oxygen atoms in total. The molecule has 21 heavy (non-hydrogen) atoms. The number of carboxylic acid groups (broad SMARTS) is 1. The number of hydrogen-bond acceptors (Lipinski definition) is 1. The third kappa shape index (κ3) is 6.33. The molecule has 0 aliphatic rings. The van der Waals surface area contributed by atoms with Crippen molar-refractivity contribution in [1.29, 1.82) is 0 Å². The summed E-state index contributed by atoms with van der Waals surface area (Å²) in [5.41, 5.74) is 1.52. The third-order valence-electron chi connectivity index (χ3n) is 4.17. The van der Waals surface area contributed by atoms with Crippen LogP contribution in [0.25, 0.3) is 0 Å². The summed E-state index contributed by atoms with van der Waals surface area (Å²) in [5, 5.41) is 9.35. The van der Waals surface area contributed by atoms with Crippen molar-refractivity contribution in [1.82, 2.24) is 0 Å². The quantitative estimate of drug-likeness (QED) is 0.506. The Labute approximate surface area is 129 Å². The molecule has 0 aliphatic carbocycles. The van der Waals surface area contributed by atoms with Gasteiger partial charge in [0.15, 0.2) is 0 Å². The first-order chi connectivity index (χ1) is 10.2. The van der Waals surface area contributed by atoms with Gasteiger partial charge in [-0.1, -0.05) is 77.0 Å². The van der Waals surface area contributed by atoms with E-state index in [2.05, 4.69) is 13.8 Å². The summed E-state index contributed by atoms with van der Waals surface area (Å²) in [6.45, 7) is 4.41. The van der Waals surface area contributed by atoms with Gasteiger partial charge in [0.2, 0.25) is 0 Å². The highest BCUT2D eigenvalue weighted by molar-refractivity contribution is 5.89. The second-order valence-electron chi connectivity index (χ2n) is 5.93. The summed E-state index contributed by atoms with van der Waals surface area (Å²) in [7, 11) is 0. The lowest BCUT2D eigenvalue weighted by Crippen LogP contribution is -2.07. The van der Waals surface area contributed by atoms with E-state index in [0.717, 1.165) is 24.8 Å². The molecule has 1 N–H and O–H groups in total. The van der Waals surface area contributed by atoms with Crippen LogP contribution in [0.4, 0.5) is 0 Å². The molecular weight excluding hydrogens is 260 g/mol. The Morgan fingerprint density at radius 3 is 2.29 bits per heavy atom. The first-order valence-corrected chi connectivity index (χ1v) is 8.52. The van der Waals surface area contributed by atoms with Gasteiger partial charge in [0, 0.05) is 0 Å². The predicted octanol–water partition coefficient (Wildman–Crippen LogP) is 6.02. The van der Waals surface area contributed by atoms with Gasteiger partial charge < -0.3 is 5.11 Å². The van der Waals surface area contributed by atoms with Crippen LogP contribution in [0, 0.1) is 0 Å². The molecule has 0 spiro atoms. The topological polar surface area (TPSA) is 37.3 Å². The zero-order chi connectivity index (χ0) is 15.5. The molecule has 0 bridgehead atoms. The smallest absolute Gasteiger partial charge is 0.335 e. The molecule has 1 aromatic rings. The molecule has 0 radical (unpaired) electrons. The molecule has 0 fully saturated rings. The van der Waals surface area contributed by atoms with E-state index in [9.17, 15) is 9.90 Å². The van der Waals surface area contributed by atoms with Gasteiger partial charge in [0.1, 0.15) is 0 Å². The number of carboxylic acids is 1. The third-order valence-corrected chi connectivity index (χ3v) is 4.17. The molecule has 0 aromatic heterocycles. The molecule has 0 heterocycles. The van der Waals surface area contributed by atoms with Crippen LogP contribution in [0.3, 0.4) is 0 Å². The Hall–Kier alpha value is -1.31. The van der Waals surface area contributed by atoms with Gasteiger partial charge in [-0.3, -0.25) is 0 Å². The molecule has 1 atom stereocenters. The Morgan fingerprint density at radius 2 is 1.62 bits per heavy atom. The van der Waals surface area contributed by atoms with E-state index in [1.165, 1.54) is 38.5 Å². The number of rotatable bonds is 11. The van der Waals surface area contributed by atoms with Crippen LogP contribution in [-0.4, -0.2) is 11.1 Å². The maximum atomic E-state index is 11.4. The van der Waals surface area contributed by atoms with E-state index in [4.69, 9.17) is 0 Å². The van der Waals surface area contributed by atoms with Gasteiger partial charge in [-0.25, -0.2) is 4.79 Å². The standard InChI is InChI=1S/C19H30O2/c1-3-5-6-7-8-9-13-16(12-4-2)17-14-10-11-15-18(17)19(20)21/h10-11,14-16H,3-9,12-13H2,1-2H3,(H,20,21). The minimum absolute atomic E-state index is 0.397. The van der Waals surface area contributed by atoms with E-state index in [-0.39, 0.29) is 0 Å². The number of unbranched alkanes of at least 4 members (excludes halogenated alkanes) is 5. The van der Waals surface area contributed by atoms with E-state index < -0.39 is 5.97 Å². The van der Waals surface area contributed by atoms with E-state index in [1.807, 2.05) is 18.2 Å². The average Bonchev–Trinajstić information content (AvgIpc) is 2.49. The van der Waals surface area contributed by atoms with E-state index >= 15 is 0 Å². The SMILES string of the molecule is CCCCCCCCC(CCC)c1ccccc1C(=O)O. The summed E-state index contributed by atoms with van der Waals surface area (Å²) in [6.07, 6.45) is 11.0. The highest BCUT2D eigenvalue weighted by Crippen LogP contribution is 2.30. The summed E-state index contributed by atoms with van der Waals surface area (Å²) >= 11 is 0. The van der Waals surface area contributed by atoms with Crippen molar-refractivity contribution in [3.63, 3.8) is 0 Å². The fraction of sp³-hybridized carbons (Fsp3) is 0.632. The predicted molar refractivity (Wildman–Crippen MR) is 89.0 cm³/mol. The van der Waals surface area contributed by atoms with E-state index in [1.54, 1.807) is 6.07 Å². The van der Waals surface area contributed by atoms with Crippen molar-refractivity contribution in [2.45, 2.75) is 77.6 Å². The first kappa shape index (κ1) is 17.7. The lowest BCUT2D eigenvalue weighted by Gasteiger charge is -2.18. The van der Waals surface area contributed by atoms with Crippen LogP contribution in [-0.2, 0) is 0 Å². The monoisotopic (exact) mass is 290 g/mol. The number of hydrogen-bond donors (Lipinski definition) is 1. The zero-order valence-electron chi connectivity index (χ0n) is 13.6. The minimum atomic E-state index is -0.797. The minimum Gasteiger partial charge on any atom is -0.478 e. The van der Waals surface area contributed by atoms with Gasteiger partial charge in [-0.05, 0) is 30.4 Å². The highest BCUT2D eigenvalue weighted by Gasteiger charge is 2.17. The van der Waals surface area contributed by atoms with Crippen LogP contribution in [0.2, 0.25) is 0 Å². The maximum absolute atomic E-state index is 11.4. The van der Waals surface area contributed by atoms with Crippen molar-refractivity contribution in [3.05, 3.63) is 35.4 Å². The summed E-state index contributed by atoms with van der Waals surface area (Å²) in [5.74, 6) is -0.400. The molecule has 0 saturated carbocycles. The molecule has 0 saturated heterocycles. The molecule has 1 aromatic carbocycles. The molecule has 1 rings (SSSR count). The second-order valence-corrected chi connectivity index (χ2v) is 5.93. The number of benzene rings is 1. The van der Waals surface area contributed by atoms with Crippen molar-refractivity contribution < 1.29 is 9.90 Å². The molecular formula is C19H30O2. The Morgan fingerprint density at radius 1 is 0.952 bits per heavy atom. The molecule has 0 amide bonds. The average molecular weight is 290 g/mol. The molecule has 118 valence electrons. The molecule has 2 heteroatoms. The van der Waals surface area contributed by atoms with Gasteiger partial charge in [0.05, 0.1) is 5.56 Å². The van der Waals surface area contributed by atoms with Gasteiger partial charge in [-0.15, -0.1) is 0 Å². The van der Waals surface area contributed by atoms with Crippen LogP contribution in [0.5, 0.6) is 0 Å². The maximum Gasteiger partial charge on any atom is 0.335 e. The molecule has 1 unspecified atom stereocenters. The Bertz CT molecular complexity index is 412. The first-order valence-electron chi connectivity index (χ1n) is 8.52. The second kappa shape index (κ2) is 10.4. The fourth-order valence-corrected chi connectivity index (χ4v) is 3.02. The Kier molecular flexibility index (Phi) is 8.80. The lowest BCUT2D eigenvalue weighted by molar-refractivity contribution is 0.0695. The number of carbonyl (C=O) groups is 1. The van der Waals surface area contributed by atoms with Crippen LogP contribution < -0.4 is 0 Å². The highest BCUT2D eigenvalue weighted by atomic mass is 16.4. The summed E-state index contributed by atoms with van der Waals surface area (Å²) in [4.78, 5) is 11.4. The normalized spacial score (nSPS) is 12.3. The van der Waals surface area contributed by atoms with Crippen molar-refractivity contribution in [2.75, 3.05) is 0 Å². The summed E-state index contributed by atoms with van der Waals surface area (Å²) < 4.78 is 0. The van der Waals surface area contributed by atoms with E-state index in [0.29, 0.717) is 11.5 Å². The van der Waals surface area contributed by atoms with Crippen LogP contribution in [0.15, 0.2) is 24.3 Å². The van der Waals surface area contributed by atoms with Gasteiger partial charge >= 0.3 is 5.97 Å². The summed E-state index contributed by atoms with van der Waals surface area (Å²) in [6, 6.07) is 7.52. The fourth-order valence-electron chi connectivity index (χ4n) is 3.02. The Balaban J connectivity index is 2.58. The van der Waals surface area contributed by atoms with Crippen molar-refractivity contribution in [3.8, 4) is 0 Å². The van der Waals surface area contributed by atoms with Crippen LogP contribution in [0.1, 0.15) is 93.5 Å². The lowest BCUT2D eigenvalue weighted by atomic mass is 9.86. The van der Waals surface area contributed by atoms with Gasteiger partial charge in [0.25, 0.3) is 0 Å². The zero-order valence-corrected chi connectivity index (χ0v) is 13.6. The van der Waals surface area contributed by atoms with Crippen LogP contribution >= 0.6 is 0 Å². The largest absolute Gasteiger partial charge is 0.478 e. The van der Waals surface area contributed by atoms with Crippen molar-refractivity contribution >= 4 is 5.97 Å².